The molecule has 0 bridgehead atoms. The molecule has 1 aromatic heterocycles. The second kappa shape index (κ2) is 4.05. The highest BCUT2D eigenvalue weighted by atomic mass is 16.4. The maximum absolute atomic E-state index is 12.0. The molecule has 1 heterocycles. The van der Waals surface area contributed by atoms with E-state index in [1.807, 2.05) is 0 Å². The molecule has 2 rings (SSSR count). The van der Waals surface area contributed by atoms with E-state index in [-0.39, 0.29) is 34.0 Å². The second-order valence-electron chi connectivity index (χ2n) is 6.09. The normalized spacial score (nSPS) is 19.8. The highest BCUT2D eigenvalue weighted by Crippen LogP contribution is 2.62. The molecular formula is C14H18N2O3. The van der Waals surface area contributed by atoms with Crippen molar-refractivity contribution in [3.8, 4) is 0 Å². The third-order valence-electron chi connectivity index (χ3n) is 4.54. The van der Waals surface area contributed by atoms with Crippen LogP contribution in [-0.2, 0) is 0 Å². The van der Waals surface area contributed by atoms with Gasteiger partial charge in [-0.3, -0.25) is 9.78 Å². The summed E-state index contributed by atoms with van der Waals surface area (Å²) in [4.78, 5) is 26.6. The number of aromatic nitrogens is 1. The molecule has 5 nitrogen and oxygen atoms in total. The number of nitrogens with one attached hydrogen (secondary N) is 1. The zero-order chi connectivity index (χ0) is 14.4. The first-order chi connectivity index (χ1) is 8.68. The second-order valence-corrected chi connectivity index (χ2v) is 6.09. The molecule has 1 fully saturated rings. The molecule has 1 amide bonds. The van der Waals surface area contributed by atoms with Crippen LogP contribution in [0, 0.1) is 10.8 Å². The number of carboxylic acids is 1. The summed E-state index contributed by atoms with van der Waals surface area (Å²) in [6.07, 6.45) is 1.19. The number of amides is 1. The molecule has 1 aromatic rings. The van der Waals surface area contributed by atoms with E-state index in [0.29, 0.717) is 0 Å². The van der Waals surface area contributed by atoms with Gasteiger partial charge in [0.1, 0.15) is 5.69 Å². The minimum absolute atomic E-state index is 0.0592. The number of hydrogen-bond donors (Lipinski definition) is 2. The van der Waals surface area contributed by atoms with E-state index in [9.17, 15) is 9.59 Å². The first-order valence-corrected chi connectivity index (χ1v) is 6.18. The van der Waals surface area contributed by atoms with Crippen molar-refractivity contribution in [2.75, 3.05) is 0 Å². The summed E-state index contributed by atoms with van der Waals surface area (Å²) in [5.41, 5.74) is 0.431. The fourth-order valence-corrected chi connectivity index (χ4v) is 2.42. The van der Waals surface area contributed by atoms with Gasteiger partial charge in [-0.25, -0.2) is 4.79 Å². The van der Waals surface area contributed by atoms with E-state index < -0.39 is 5.97 Å². The van der Waals surface area contributed by atoms with Crippen LogP contribution < -0.4 is 5.32 Å². The van der Waals surface area contributed by atoms with Crippen LogP contribution in [-0.4, -0.2) is 28.0 Å². The lowest BCUT2D eigenvalue weighted by Gasteiger charge is -2.06. The van der Waals surface area contributed by atoms with Gasteiger partial charge in [-0.2, -0.15) is 0 Å². The number of pyridine rings is 1. The number of carbonyl (C=O) groups is 2. The Kier molecular flexibility index (Phi) is 2.88. The molecule has 0 saturated heterocycles. The molecule has 0 radical (unpaired) electrons. The zero-order valence-electron chi connectivity index (χ0n) is 11.5. The van der Waals surface area contributed by atoms with E-state index in [0.717, 1.165) is 0 Å². The van der Waals surface area contributed by atoms with E-state index in [2.05, 4.69) is 38.0 Å². The van der Waals surface area contributed by atoms with Gasteiger partial charge in [0, 0.05) is 12.2 Å². The van der Waals surface area contributed by atoms with Crippen molar-refractivity contribution in [1.82, 2.24) is 10.3 Å². The molecule has 2 N–H and O–H groups in total. The average Bonchev–Trinajstić information content (AvgIpc) is 2.71. The Morgan fingerprint density at radius 3 is 2.16 bits per heavy atom. The number of carbonyl (C=O) groups excluding carboxylic acids is 1. The molecule has 1 aliphatic carbocycles. The van der Waals surface area contributed by atoms with E-state index >= 15 is 0 Å². The van der Waals surface area contributed by atoms with E-state index in [4.69, 9.17) is 5.11 Å². The summed E-state index contributed by atoms with van der Waals surface area (Å²) in [7, 11) is 0. The minimum atomic E-state index is -1.05. The largest absolute Gasteiger partial charge is 0.478 e. The van der Waals surface area contributed by atoms with E-state index in [1.54, 1.807) is 0 Å². The Labute approximate surface area is 112 Å². The third-order valence-corrected chi connectivity index (χ3v) is 4.54. The van der Waals surface area contributed by atoms with Crippen molar-refractivity contribution in [2.45, 2.75) is 33.7 Å². The van der Waals surface area contributed by atoms with Crippen molar-refractivity contribution in [2.24, 2.45) is 10.8 Å². The standard InChI is InChI=1S/C14H18N2O3/c1-13(2)12(14(13,3)4)16-10(17)9-6-5-8(7-15-9)11(18)19/h5-7,12H,1-4H3,(H,16,17)(H,18,19). The minimum Gasteiger partial charge on any atom is -0.478 e. The molecule has 5 heteroatoms. The highest BCUT2D eigenvalue weighted by Gasteiger charge is 2.65. The lowest BCUT2D eigenvalue weighted by atomic mass is 10.0. The van der Waals surface area contributed by atoms with Crippen LogP contribution in [0.15, 0.2) is 18.3 Å². The van der Waals surface area contributed by atoms with Gasteiger partial charge in [0.05, 0.1) is 5.56 Å². The van der Waals surface area contributed by atoms with Gasteiger partial charge in [-0.05, 0) is 23.0 Å². The summed E-state index contributed by atoms with van der Waals surface area (Å²) < 4.78 is 0. The van der Waals surface area contributed by atoms with Crippen LogP contribution in [0.3, 0.4) is 0 Å². The van der Waals surface area contributed by atoms with Gasteiger partial charge in [0.25, 0.3) is 5.91 Å². The molecular weight excluding hydrogens is 244 g/mol. The van der Waals surface area contributed by atoms with Crippen molar-refractivity contribution in [3.63, 3.8) is 0 Å². The van der Waals surface area contributed by atoms with Crippen LogP contribution in [0.2, 0.25) is 0 Å². The predicted octanol–water partition coefficient (Wildman–Crippen LogP) is 1.94. The smallest absolute Gasteiger partial charge is 0.337 e. The Hall–Kier alpha value is -1.91. The van der Waals surface area contributed by atoms with Crippen molar-refractivity contribution >= 4 is 11.9 Å². The fourth-order valence-electron chi connectivity index (χ4n) is 2.42. The number of hydrogen-bond acceptors (Lipinski definition) is 3. The molecule has 102 valence electrons. The van der Waals surface area contributed by atoms with Crippen LogP contribution in [0.1, 0.15) is 48.5 Å². The summed E-state index contributed by atoms with van der Waals surface area (Å²) in [6.45, 7) is 8.44. The molecule has 0 aliphatic heterocycles. The molecule has 0 aromatic carbocycles. The fraction of sp³-hybridized carbons (Fsp3) is 0.500. The Morgan fingerprint density at radius 2 is 1.79 bits per heavy atom. The summed E-state index contributed by atoms with van der Waals surface area (Å²) >= 11 is 0. The molecule has 0 unspecified atom stereocenters. The predicted molar refractivity (Wildman–Crippen MR) is 70.0 cm³/mol. The quantitative estimate of drug-likeness (QED) is 0.872. The molecule has 0 atom stereocenters. The van der Waals surface area contributed by atoms with Gasteiger partial charge in [0.15, 0.2) is 0 Å². The zero-order valence-corrected chi connectivity index (χ0v) is 11.5. The van der Waals surface area contributed by atoms with Crippen LogP contribution in [0.4, 0.5) is 0 Å². The van der Waals surface area contributed by atoms with Crippen LogP contribution in [0.25, 0.3) is 0 Å². The van der Waals surface area contributed by atoms with E-state index in [1.165, 1.54) is 18.3 Å². The Bertz CT molecular complexity index is 518. The monoisotopic (exact) mass is 262 g/mol. The SMILES string of the molecule is CC1(C)C(NC(=O)c2ccc(C(=O)O)cn2)C1(C)C. The molecule has 0 spiro atoms. The van der Waals surface area contributed by atoms with Gasteiger partial charge in [-0.15, -0.1) is 0 Å². The molecule has 1 aliphatic rings. The Balaban J connectivity index is 2.08. The van der Waals surface area contributed by atoms with Crippen molar-refractivity contribution in [1.29, 1.82) is 0 Å². The molecule has 1 saturated carbocycles. The first kappa shape index (κ1) is 13.5. The Morgan fingerprint density at radius 1 is 1.21 bits per heavy atom. The van der Waals surface area contributed by atoms with Crippen LogP contribution in [0.5, 0.6) is 0 Å². The third kappa shape index (κ3) is 2.09. The van der Waals surface area contributed by atoms with Crippen molar-refractivity contribution < 1.29 is 14.7 Å². The number of rotatable bonds is 3. The summed E-state index contributed by atoms with van der Waals surface area (Å²) in [5.74, 6) is -1.32. The van der Waals surface area contributed by atoms with Crippen LogP contribution >= 0.6 is 0 Å². The maximum Gasteiger partial charge on any atom is 0.337 e. The maximum atomic E-state index is 12.0. The van der Waals surface area contributed by atoms with Gasteiger partial charge in [0.2, 0.25) is 0 Å². The van der Waals surface area contributed by atoms with Gasteiger partial charge < -0.3 is 10.4 Å². The molecule has 19 heavy (non-hydrogen) atoms. The van der Waals surface area contributed by atoms with Gasteiger partial charge in [-0.1, -0.05) is 27.7 Å². The summed E-state index contributed by atoms with van der Waals surface area (Å²) in [5, 5.41) is 11.7. The van der Waals surface area contributed by atoms with Gasteiger partial charge >= 0.3 is 5.97 Å². The lowest BCUT2D eigenvalue weighted by Crippen LogP contribution is -2.30. The number of carboxylic acid groups (broad SMARTS) is 1. The highest BCUT2D eigenvalue weighted by molar-refractivity contribution is 5.94. The number of nitrogens with zero attached hydrogens (tertiary/aromatic N) is 1. The lowest BCUT2D eigenvalue weighted by molar-refractivity contribution is 0.0695. The number of aromatic carboxylic acids is 1. The topological polar surface area (TPSA) is 79.3 Å². The van der Waals surface area contributed by atoms with Crippen molar-refractivity contribution in [3.05, 3.63) is 29.6 Å². The summed E-state index contributed by atoms with van der Waals surface area (Å²) in [6, 6.07) is 2.92. The average molecular weight is 262 g/mol. The first-order valence-electron chi connectivity index (χ1n) is 6.18.